The van der Waals surface area contributed by atoms with Gasteiger partial charge in [-0.05, 0) is 57.9 Å². The Kier molecular flexibility index (Phi) is 8.58. The van der Waals surface area contributed by atoms with E-state index in [0.717, 1.165) is 16.7 Å². The van der Waals surface area contributed by atoms with Gasteiger partial charge < -0.3 is 29.5 Å². The summed E-state index contributed by atoms with van der Waals surface area (Å²) in [6.07, 6.45) is -2.12. The van der Waals surface area contributed by atoms with E-state index in [9.17, 15) is 19.8 Å². The van der Waals surface area contributed by atoms with Crippen molar-refractivity contribution in [2.45, 2.75) is 71.3 Å². The molecule has 1 fully saturated rings. The third-order valence-corrected chi connectivity index (χ3v) is 8.41. The number of rotatable bonds is 2. The Labute approximate surface area is 275 Å². The van der Waals surface area contributed by atoms with Crippen LogP contribution in [0, 0.1) is 11.6 Å². The fourth-order valence-electron chi connectivity index (χ4n) is 6.18. The van der Waals surface area contributed by atoms with Crippen LogP contribution in [0.15, 0.2) is 41.3 Å². The predicted octanol–water partition coefficient (Wildman–Crippen LogP) is 4.48. The van der Waals surface area contributed by atoms with Crippen LogP contribution in [-0.4, -0.2) is 84.7 Å². The van der Waals surface area contributed by atoms with Crippen LogP contribution in [0.3, 0.4) is 0 Å². The summed E-state index contributed by atoms with van der Waals surface area (Å²) < 4.78 is 44.2. The van der Waals surface area contributed by atoms with Crippen LogP contribution in [0.1, 0.15) is 64.8 Å². The Balaban J connectivity index is 1.63. The molecule has 2 N–H and O–H groups in total. The first kappa shape index (κ1) is 33.2. The molecule has 1 saturated heterocycles. The van der Waals surface area contributed by atoms with Crippen molar-refractivity contribution in [2.75, 3.05) is 31.1 Å². The molecule has 0 radical (unpaired) electrons. The number of halogens is 2. The van der Waals surface area contributed by atoms with Gasteiger partial charge in [-0.2, -0.15) is 4.98 Å². The van der Waals surface area contributed by atoms with Crippen molar-refractivity contribution in [2.24, 2.45) is 0 Å². The highest BCUT2D eigenvalue weighted by Gasteiger charge is 2.35. The number of hydrogen-bond acceptors (Lipinski definition) is 10. The van der Waals surface area contributed by atoms with E-state index >= 15 is 8.78 Å². The minimum absolute atomic E-state index is 0.0733. The lowest BCUT2D eigenvalue weighted by atomic mass is 9.97. The standard InChI is InChI=1S/C34H38F2N6O6/c1-17(2)26-28-19(10-11-37-26)29(44)23(43)16-47-24-9-7-8-21(35)25(24)27-22(36)14-20-30(39-32(45)42(28)31(20)38-27)41-13-12-40(15-18(41)3)33(46)48-34(4,5)6/h7-11,14,17-18,23,29,43-44H,12-13,15-16H2,1-6H3/t18-,23?,29?/m0/s1. The van der Waals surface area contributed by atoms with Crippen LogP contribution >= 0.6 is 0 Å². The molecule has 48 heavy (non-hydrogen) atoms. The van der Waals surface area contributed by atoms with Gasteiger partial charge in [0.05, 0.1) is 22.3 Å². The van der Waals surface area contributed by atoms with Gasteiger partial charge in [-0.15, -0.1) is 0 Å². The van der Waals surface area contributed by atoms with Gasteiger partial charge in [0.1, 0.15) is 47.5 Å². The summed E-state index contributed by atoms with van der Waals surface area (Å²) in [4.78, 5) is 44.0. The average molecular weight is 665 g/mol. The molecule has 1 aromatic carbocycles. The highest BCUT2D eigenvalue weighted by Crippen LogP contribution is 2.39. The third-order valence-electron chi connectivity index (χ3n) is 8.41. The van der Waals surface area contributed by atoms with E-state index in [1.54, 1.807) is 30.6 Å². The van der Waals surface area contributed by atoms with E-state index < -0.39 is 53.5 Å². The van der Waals surface area contributed by atoms with Gasteiger partial charge in [-0.1, -0.05) is 19.9 Å². The molecule has 2 aliphatic rings. The Morgan fingerprint density at radius 3 is 2.54 bits per heavy atom. The fourth-order valence-corrected chi connectivity index (χ4v) is 6.18. The molecule has 0 aliphatic carbocycles. The smallest absolute Gasteiger partial charge is 0.410 e. The molecule has 5 heterocycles. The van der Waals surface area contributed by atoms with Gasteiger partial charge in [0, 0.05) is 37.4 Å². The van der Waals surface area contributed by atoms with E-state index in [2.05, 4.69) is 15.0 Å². The van der Waals surface area contributed by atoms with E-state index in [-0.39, 0.29) is 71.0 Å². The number of carbonyl (C=O) groups is 1. The second kappa shape index (κ2) is 12.4. The fraction of sp³-hybridized carbons (Fsp3) is 0.441. The van der Waals surface area contributed by atoms with Crippen LogP contribution in [0.2, 0.25) is 0 Å². The van der Waals surface area contributed by atoms with Crippen LogP contribution in [-0.2, 0) is 4.74 Å². The van der Waals surface area contributed by atoms with Crippen LogP contribution in [0.25, 0.3) is 28.0 Å². The number of ether oxygens (including phenoxy) is 2. The number of fused-ring (bicyclic) bond motifs is 5. The maximum absolute atomic E-state index is 16.3. The van der Waals surface area contributed by atoms with Gasteiger partial charge >= 0.3 is 11.8 Å². The Morgan fingerprint density at radius 2 is 1.85 bits per heavy atom. The number of aliphatic hydroxyl groups is 2. The lowest BCUT2D eigenvalue weighted by Crippen LogP contribution is -2.55. The minimum Gasteiger partial charge on any atom is -0.490 e. The summed E-state index contributed by atoms with van der Waals surface area (Å²) >= 11 is 0. The summed E-state index contributed by atoms with van der Waals surface area (Å²) in [5, 5.41) is 22.6. The monoisotopic (exact) mass is 664 g/mol. The second-order valence-electron chi connectivity index (χ2n) is 13.4. The molecular weight excluding hydrogens is 626 g/mol. The second-order valence-corrected chi connectivity index (χ2v) is 13.4. The molecule has 3 atom stereocenters. The number of hydrogen-bond donors (Lipinski definition) is 2. The third kappa shape index (κ3) is 5.94. The number of nitrogens with zero attached hydrogens (tertiary/aromatic N) is 6. The molecule has 0 saturated carbocycles. The number of anilines is 1. The van der Waals surface area contributed by atoms with Crippen LogP contribution in [0.4, 0.5) is 19.4 Å². The van der Waals surface area contributed by atoms with Gasteiger partial charge in [-0.25, -0.2) is 27.9 Å². The van der Waals surface area contributed by atoms with Crippen LogP contribution < -0.4 is 15.3 Å². The molecule has 6 rings (SSSR count). The largest absolute Gasteiger partial charge is 0.490 e. The molecule has 0 spiro atoms. The lowest BCUT2D eigenvalue weighted by Gasteiger charge is -2.41. The molecule has 2 unspecified atom stereocenters. The number of piperazine rings is 1. The summed E-state index contributed by atoms with van der Waals surface area (Å²) in [7, 11) is 0. The summed E-state index contributed by atoms with van der Waals surface area (Å²) in [5.74, 6) is -2.02. The van der Waals surface area contributed by atoms with E-state index in [0.29, 0.717) is 5.69 Å². The number of carbonyl (C=O) groups excluding carboxylic acids is 1. The van der Waals surface area contributed by atoms with Crippen molar-refractivity contribution in [3.05, 3.63) is 69.9 Å². The number of aliphatic hydroxyl groups excluding tert-OH is 2. The summed E-state index contributed by atoms with van der Waals surface area (Å²) in [6.45, 7) is 11.1. The molecule has 2 aliphatic heterocycles. The summed E-state index contributed by atoms with van der Waals surface area (Å²) in [6, 6.07) is 6.14. The quantitative estimate of drug-likeness (QED) is 0.315. The first-order valence-electron chi connectivity index (χ1n) is 15.8. The predicted molar refractivity (Wildman–Crippen MR) is 173 cm³/mol. The van der Waals surface area contributed by atoms with Crippen molar-refractivity contribution < 1.29 is 33.3 Å². The van der Waals surface area contributed by atoms with Crippen molar-refractivity contribution in [1.29, 1.82) is 0 Å². The average Bonchev–Trinajstić information content (AvgIpc) is 3.01. The van der Waals surface area contributed by atoms with Crippen molar-refractivity contribution >= 4 is 22.9 Å². The first-order valence-corrected chi connectivity index (χ1v) is 15.8. The minimum atomic E-state index is -1.57. The topological polar surface area (TPSA) is 143 Å². The molecule has 2 bridgehead atoms. The van der Waals surface area contributed by atoms with Gasteiger partial charge in [-0.3, -0.25) is 4.98 Å². The lowest BCUT2D eigenvalue weighted by molar-refractivity contribution is -0.00904. The Morgan fingerprint density at radius 1 is 1.10 bits per heavy atom. The zero-order valence-electron chi connectivity index (χ0n) is 27.6. The molecule has 3 aromatic heterocycles. The highest BCUT2D eigenvalue weighted by atomic mass is 19.1. The molecule has 12 nitrogen and oxygen atoms in total. The SMILES string of the molecule is CC(C)c1nccc2c1-n1c(=O)nc(N3CCN(C(=O)OC(C)(C)C)C[C@@H]3C)c3cc(F)c(nc31)-c1c(F)cccc1OCC(O)C2O. The highest BCUT2D eigenvalue weighted by molar-refractivity contribution is 5.91. The normalized spacial score (nSPS) is 19.8. The van der Waals surface area contributed by atoms with Gasteiger partial charge in [0.15, 0.2) is 11.5 Å². The van der Waals surface area contributed by atoms with E-state index in [1.807, 2.05) is 20.8 Å². The Hall–Kier alpha value is -4.69. The number of pyridine rings is 2. The molecule has 14 heteroatoms. The zero-order chi connectivity index (χ0) is 34.7. The summed E-state index contributed by atoms with van der Waals surface area (Å²) in [5.41, 5.74) is -1.66. The van der Waals surface area contributed by atoms with Gasteiger partial charge in [0.25, 0.3) is 0 Å². The number of aromatic nitrogens is 4. The molecule has 254 valence electrons. The molecule has 1 amide bonds. The maximum atomic E-state index is 16.3. The number of benzene rings is 1. The van der Waals surface area contributed by atoms with Gasteiger partial charge in [0.2, 0.25) is 0 Å². The van der Waals surface area contributed by atoms with E-state index in [1.165, 1.54) is 24.4 Å². The molecule has 4 aromatic rings. The number of amides is 1. The zero-order valence-corrected chi connectivity index (χ0v) is 27.6. The Bertz CT molecular complexity index is 1960. The van der Waals surface area contributed by atoms with E-state index in [4.69, 9.17) is 9.47 Å². The molecular formula is C34H38F2N6O6. The van der Waals surface area contributed by atoms with Crippen molar-refractivity contribution in [3.8, 4) is 22.7 Å². The van der Waals surface area contributed by atoms with Crippen molar-refractivity contribution in [3.63, 3.8) is 0 Å². The van der Waals surface area contributed by atoms with Crippen LogP contribution in [0.5, 0.6) is 5.75 Å². The van der Waals surface area contributed by atoms with Crippen molar-refractivity contribution in [1.82, 2.24) is 24.4 Å². The first-order chi connectivity index (χ1) is 22.7. The maximum Gasteiger partial charge on any atom is 0.410 e.